The molecule has 0 heterocycles. The maximum absolute atomic E-state index is 12.0. The average molecular weight is 273 g/mol. The van der Waals surface area contributed by atoms with E-state index in [1.54, 1.807) is 4.90 Å². The van der Waals surface area contributed by atoms with Gasteiger partial charge in [0.2, 0.25) is 0 Å². The van der Waals surface area contributed by atoms with Crippen LogP contribution in [-0.2, 0) is 4.79 Å². The smallest absolute Gasteiger partial charge is 0.317 e. The second kappa shape index (κ2) is 8.74. The van der Waals surface area contributed by atoms with Crippen LogP contribution in [0, 0.1) is 0 Å². The number of aliphatic carboxylic acids is 1. The summed E-state index contributed by atoms with van der Waals surface area (Å²) in [5.41, 5.74) is 0. The van der Waals surface area contributed by atoms with Crippen molar-refractivity contribution in [2.45, 2.75) is 45.7 Å². The Morgan fingerprint density at radius 1 is 1.21 bits per heavy atom. The van der Waals surface area contributed by atoms with Crippen molar-refractivity contribution in [2.75, 3.05) is 27.2 Å². The lowest BCUT2D eigenvalue weighted by Crippen LogP contribution is -2.48. The second-order valence-electron chi connectivity index (χ2n) is 5.28. The number of hydrogen-bond donors (Lipinski definition) is 2. The molecule has 0 aromatic carbocycles. The van der Waals surface area contributed by atoms with E-state index in [1.807, 2.05) is 39.8 Å². The lowest BCUT2D eigenvalue weighted by atomic mass is 10.2. The van der Waals surface area contributed by atoms with Gasteiger partial charge in [0.15, 0.2) is 0 Å². The van der Waals surface area contributed by atoms with E-state index in [0.29, 0.717) is 19.5 Å². The van der Waals surface area contributed by atoms with E-state index in [4.69, 9.17) is 5.11 Å². The zero-order valence-corrected chi connectivity index (χ0v) is 12.6. The Bertz CT molecular complexity index is 293. The Morgan fingerprint density at radius 3 is 2.21 bits per heavy atom. The summed E-state index contributed by atoms with van der Waals surface area (Å²) < 4.78 is 0. The standard InChI is InChI=1S/C13H27N3O3/c1-10(2)16(8-6-7-12(17)18)13(19)14-9-11(3)15(4)5/h10-11H,6-9H2,1-5H3,(H,14,19)(H,17,18). The fourth-order valence-electron chi connectivity index (χ4n) is 1.51. The summed E-state index contributed by atoms with van der Waals surface area (Å²) in [6, 6.07) is 0.189. The SMILES string of the molecule is CC(CNC(=O)N(CCCC(=O)O)C(C)C)N(C)C. The van der Waals surface area contributed by atoms with Crippen molar-refractivity contribution in [2.24, 2.45) is 0 Å². The molecular weight excluding hydrogens is 246 g/mol. The number of carbonyl (C=O) groups is 2. The molecule has 0 aromatic rings. The topological polar surface area (TPSA) is 72.9 Å². The van der Waals surface area contributed by atoms with Crippen LogP contribution in [0.5, 0.6) is 0 Å². The van der Waals surface area contributed by atoms with Gasteiger partial charge in [0.05, 0.1) is 0 Å². The summed E-state index contributed by atoms with van der Waals surface area (Å²) in [7, 11) is 3.92. The van der Waals surface area contributed by atoms with Crippen LogP contribution in [-0.4, -0.2) is 66.2 Å². The van der Waals surface area contributed by atoms with Gasteiger partial charge in [-0.2, -0.15) is 0 Å². The molecule has 6 nitrogen and oxygen atoms in total. The lowest BCUT2D eigenvalue weighted by Gasteiger charge is -2.28. The van der Waals surface area contributed by atoms with E-state index in [1.165, 1.54) is 0 Å². The Morgan fingerprint density at radius 2 is 1.79 bits per heavy atom. The minimum Gasteiger partial charge on any atom is -0.481 e. The van der Waals surface area contributed by atoms with Crippen molar-refractivity contribution in [1.29, 1.82) is 0 Å². The third kappa shape index (κ3) is 7.66. The summed E-state index contributed by atoms with van der Waals surface area (Å²) in [5, 5.41) is 11.5. The highest BCUT2D eigenvalue weighted by atomic mass is 16.4. The summed E-state index contributed by atoms with van der Waals surface area (Å²) >= 11 is 0. The van der Waals surface area contributed by atoms with Crippen molar-refractivity contribution in [1.82, 2.24) is 15.1 Å². The van der Waals surface area contributed by atoms with E-state index >= 15 is 0 Å². The highest BCUT2D eigenvalue weighted by molar-refractivity contribution is 5.74. The number of hydrogen-bond acceptors (Lipinski definition) is 3. The van der Waals surface area contributed by atoms with Crippen LogP contribution in [0.2, 0.25) is 0 Å². The molecule has 0 rings (SSSR count). The molecule has 1 atom stereocenters. The van der Waals surface area contributed by atoms with Crippen molar-refractivity contribution in [3.8, 4) is 0 Å². The van der Waals surface area contributed by atoms with Gasteiger partial charge in [0, 0.05) is 31.6 Å². The molecule has 0 bridgehead atoms. The van der Waals surface area contributed by atoms with Crippen LogP contribution < -0.4 is 5.32 Å². The molecule has 2 N–H and O–H groups in total. The van der Waals surface area contributed by atoms with Crippen molar-refractivity contribution >= 4 is 12.0 Å². The predicted molar refractivity (Wildman–Crippen MR) is 75.3 cm³/mol. The van der Waals surface area contributed by atoms with Gasteiger partial charge in [-0.1, -0.05) is 0 Å². The van der Waals surface area contributed by atoms with Crippen LogP contribution >= 0.6 is 0 Å². The third-order valence-corrected chi connectivity index (χ3v) is 3.10. The van der Waals surface area contributed by atoms with Crippen molar-refractivity contribution in [3.63, 3.8) is 0 Å². The zero-order chi connectivity index (χ0) is 15.0. The molecular formula is C13H27N3O3. The molecule has 0 aliphatic rings. The number of rotatable bonds is 8. The largest absolute Gasteiger partial charge is 0.481 e. The first-order chi connectivity index (χ1) is 8.75. The monoisotopic (exact) mass is 273 g/mol. The van der Waals surface area contributed by atoms with Gasteiger partial charge in [-0.25, -0.2) is 4.79 Å². The van der Waals surface area contributed by atoms with Gasteiger partial charge in [-0.15, -0.1) is 0 Å². The maximum atomic E-state index is 12.0. The fraction of sp³-hybridized carbons (Fsp3) is 0.846. The fourth-order valence-corrected chi connectivity index (χ4v) is 1.51. The minimum atomic E-state index is -0.828. The quantitative estimate of drug-likeness (QED) is 0.697. The first kappa shape index (κ1) is 17.7. The lowest BCUT2D eigenvalue weighted by molar-refractivity contribution is -0.137. The number of urea groups is 1. The molecule has 0 aliphatic carbocycles. The number of amides is 2. The first-order valence-electron chi connectivity index (χ1n) is 6.68. The highest BCUT2D eigenvalue weighted by Gasteiger charge is 2.17. The predicted octanol–water partition coefficient (Wildman–Crippen LogP) is 1.22. The van der Waals surface area contributed by atoms with Gasteiger partial charge in [-0.05, 0) is 41.3 Å². The van der Waals surface area contributed by atoms with E-state index in [-0.39, 0.29) is 24.5 Å². The van der Waals surface area contributed by atoms with E-state index < -0.39 is 5.97 Å². The van der Waals surface area contributed by atoms with Crippen molar-refractivity contribution < 1.29 is 14.7 Å². The van der Waals surface area contributed by atoms with Crippen molar-refractivity contribution in [3.05, 3.63) is 0 Å². The highest BCUT2D eigenvalue weighted by Crippen LogP contribution is 2.03. The normalized spacial score (nSPS) is 12.6. The van der Waals surface area contributed by atoms with E-state index in [2.05, 4.69) is 5.32 Å². The molecule has 0 fully saturated rings. The van der Waals surface area contributed by atoms with Gasteiger partial charge in [-0.3, -0.25) is 4.79 Å². The molecule has 1 unspecified atom stereocenters. The summed E-state index contributed by atoms with van der Waals surface area (Å²) in [4.78, 5) is 26.2. The summed E-state index contributed by atoms with van der Waals surface area (Å²) in [6.45, 7) is 6.93. The van der Waals surface area contributed by atoms with Crippen LogP contribution in [0.3, 0.4) is 0 Å². The number of carboxylic acid groups (broad SMARTS) is 1. The molecule has 0 spiro atoms. The number of carbonyl (C=O) groups excluding carboxylic acids is 1. The molecule has 0 saturated heterocycles. The van der Waals surface area contributed by atoms with Crippen LogP contribution in [0.15, 0.2) is 0 Å². The number of nitrogens with one attached hydrogen (secondary N) is 1. The number of carboxylic acids is 1. The zero-order valence-electron chi connectivity index (χ0n) is 12.6. The van der Waals surface area contributed by atoms with Gasteiger partial charge in [0.1, 0.15) is 0 Å². The Labute approximate surface area is 115 Å². The molecule has 0 radical (unpaired) electrons. The summed E-state index contributed by atoms with van der Waals surface area (Å²) in [6.07, 6.45) is 0.564. The van der Waals surface area contributed by atoms with E-state index in [9.17, 15) is 9.59 Å². The molecule has 6 heteroatoms. The molecule has 0 saturated carbocycles. The molecule has 112 valence electrons. The number of nitrogens with zero attached hydrogens (tertiary/aromatic N) is 2. The van der Waals surface area contributed by atoms with E-state index in [0.717, 1.165) is 0 Å². The Kier molecular flexibility index (Phi) is 8.14. The van der Waals surface area contributed by atoms with Crippen LogP contribution in [0.25, 0.3) is 0 Å². The molecule has 19 heavy (non-hydrogen) atoms. The molecule has 0 aliphatic heterocycles. The summed E-state index contributed by atoms with van der Waals surface area (Å²) in [5.74, 6) is -0.828. The third-order valence-electron chi connectivity index (χ3n) is 3.10. The Balaban J connectivity index is 4.22. The van der Waals surface area contributed by atoms with Gasteiger partial charge < -0.3 is 20.2 Å². The van der Waals surface area contributed by atoms with Gasteiger partial charge in [0.25, 0.3) is 0 Å². The second-order valence-corrected chi connectivity index (χ2v) is 5.28. The van der Waals surface area contributed by atoms with Gasteiger partial charge >= 0.3 is 12.0 Å². The average Bonchev–Trinajstić information content (AvgIpc) is 2.30. The maximum Gasteiger partial charge on any atom is 0.317 e. The van der Waals surface area contributed by atoms with Crippen LogP contribution in [0.1, 0.15) is 33.6 Å². The van der Waals surface area contributed by atoms with Crippen LogP contribution in [0.4, 0.5) is 4.79 Å². The number of likely N-dealkylation sites (N-methyl/N-ethyl adjacent to an activating group) is 1. The Hall–Kier alpha value is -1.30. The molecule has 2 amide bonds. The first-order valence-corrected chi connectivity index (χ1v) is 6.68. The molecule has 0 aromatic heterocycles. The minimum absolute atomic E-state index is 0.0588.